The number of halogens is 3. The number of hydrogen-bond acceptors (Lipinski definition) is 1. The second-order valence-electron chi connectivity index (χ2n) is 4.38. The third-order valence-electron chi connectivity index (χ3n) is 3.19. The number of alkyl halides is 3. The summed E-state index contributed by atoms with van der Waals surface area (Å²) in [6, 6.07) is 8.15. The minimum atomic E-state index is -4.50. The summed E-state index contributed by atoms with van der Waals surface area (Å²) in [6.45, 7) is 0. The lowest BCUT2D eigenvalue weighted by molar-refractivity contribution is -0.136. The maximum Gasteiger partial charge on any atom is 0.418 e. The molecule has 1 aromatic heterocycles. The van der Waals surface area contributed by atoms with Gasteiger partial charge in [-0.15, -0.1) is 0 Å². The molecule has 0 amide bonds. The van der Waals surface area contributed by atoms with Gasteiger partial charge in [-0.2, -0.15) is 13.2 Å². The highest BCUT2D eigenvalue weighted by molar-refractivity contribution is 6.16. The molecule has 2 aromatic carbocycles. The molecule has 0 saturated heterocycles. The smallest absolute Gasteiger partial charge is 0.418 e. The average molecular weight is 279 g/mol. The Kier molecular flexibility index (Phi) is 2.50. The molecule has 0 unspecified atom stereocenters. The fourth-order valence-corrected chi connectivity index (χ4v) is 2.39. The number of aromatic carboxylic acids is 1. The first-order valence-electron chi connectivity index (χ1n) is 5.73. The van der Waals surface area contributed by atoms with Gasteiger partial charge in [-0.3, -0.25) is 0 Å². The number of H-pyrrole nitrogens is 1. The van der Waals surface area contributed by atoms with Crippen LogP contribution in [0, 0.1) is 0 Å². The van der Waals surface area contributed by atoms with Gasteiger partial charge in [-0.05, 0) is 18.2 Å². The summed E-state index contributed by atoms with van der Waals surface area (Å²) in [5.74, 6) is -1.17. The van der Waals surface area contributed by atoms with Crippen LogP contribution in [0.5, 0.6) is 0 Å². The van der Waals surface area contributed by atoms with Crippen LogP contribution in [-0.2, 0) is 6.18 Å². The summed E-state index contributed by atoms with van der Waals surface area (Å²) < 4.78 is 38.9. The van der Waals surface area contributed by atoms with Gasteiger partial charge in [0.2, 0.25) is 0 Å². The highest BCUT2D eigenvalue weighted by Crippen LogP contribution is 2.37. The number of benzene rings is 2. The van der Waals surface area contributed by atoms with E-state index in [0.29, 0.717) is 10.9 Å². The third-order valence-corrected chi connectivity index (χ3v) is 3.19. The van der Waals surface area contributed by atoms with Crippen LogP contribution < -0.4 is 0 Å². The molecule has 1 heterocycles. The summed E-state index contributed by atoms with van der Waals surface area (Å²) in [6.07, 6.45) is -4.50. The molecule has 3 rings (SSSR count). The number of aromatic amines is 1. The van der Waals surface area contributed by atoms with Crippen molar-refractivity contribution >= 4 is 27.8 Å². The molecule has 0 aliphatic carbocycles. The van der Waals surface area contributed by atoms with Crippen molar-refractivity contribution in [1.82, 2.24) is 4.98 Å². The molecular weight excluding hydrogens is 271 g/mol. The van der Waals surface area contributed by atoms with Crippen LogP contribution in [0.1, 0.15) is 15.9 Å². The lowest BCUT2D eigenvalue weighted by Crippen LogP contribution is -2.05. The Hall–Kier alpha value is -2.50. The van der Waals surface area contributed by atoms with Crippen molar-refractivity contribution in [3.63, 3.8) is 0 Å². The van der Waals surface area contributed by atoms with Gasteiger partial charge in [0.15, 0.2) is 0 Å². The molecule has 0 saturated carbocycles. The van der Waals surface area contributed by atoms with Crippen LogP contribution in [0.2, 0.25) is 0 Å². The number of carbonyl (C=O) groups is 1. The van der Waals surface area contributed by atoms with Gasteiger partial charge in [0.05, 0.1) is 16.6 Å². The van der Waals surface area contributed by atoms with Gasteiger partial charge in [0.25, 0.3) is 0 Å². The molecule has 0 aliphatic rings. The second kappa shape index (κ2) is 4.00. The Bertz CT molecular complexity index is 833. The van der Waals surface area contributed by atoms with Gasteiger partial charge in [-0.25, -0.2) is 4.79 Å². The van der Waals surface area contributed by atoms with Crippen molar-refractivity contribution in [2.75, 3.05) is 0 Å². The number of rotatable bonds is 1. The van der Waals surface area contributed by atoms with E-state index in [1.165, 1.54) is 24.3 Å². The fraction of sp³-hybridized carbons (Fsp3) is 0.0714. The predicted octanol–water partition coefficient (Wildman–Crippen LogP) is 4.04. The van der Waals surface area contributed by atoms with Crippen LogP contribution in [0.3, 0.4) is 0 Å². The first-order valence-corrected chi connectivity index (χ1v) is 5.73. The van der Waals surface area contributed by atoms with Crippen molar-refractivity contribution in [1.29, 1.82) is 0 Å². The van der Waals surface area contributed by atoms with Crippen LogP contribution in [0.15, 0.2) is 36.4 Å². The van der Waals surface area contributed by atoms with E-state index in [-0.39, 0.29) is 16.5 Å². The maximum absolute atomic E-state index is 13.0. The predicted molar refractivity (Wildman–Crippen MR) is 67.8 cm³/mol. The second-order valence-corrected chi connectivity index (χ2v) is 4.38. The lowest BCUT2D eigenvalue weighted by Gasteiger charge is -2.07. The Morgan fingerprint density at radius 3 is 2.45 bits per heavy atom. The molecule has 2 N–H and O–H groups in total. The standard InChI is InChI=1S/C14H8F3NO2/c15-14(16,17)9-5-1-3-7-11-8(13(19)20)4-2-6-10(11)18-12(7)9/h1-6,18H,(H,19,20). The van der Waals surface area contributed by atoms with E-state index in [9.17, 15) is 18.0 Å². The molecule has 6 heteroatoms. The summed E-state index contributed by atoms with van der Waals surface area (Å²) >= 11 is 0. The Morgan fingerprint density at radius 1 is 1.10 bits per heavy atom. The minimum Gasteiger partial charge on any atom is -0.478 e. The zero-order valence-electron chi connectivity index (χ0n) is 9.95. The van der Waals surface area contributed by atoms with Crippen molar-refractivity contribution < 1.29 is 23.1 Å². The minimum absolute atomic E-state index is 0.0203. The van der Waals surface area contributed by atoms with E-state index >= 15 is 0 Å². The molecule has 0 atom stereocenters. The van der Waals surface area contributed by atoms with Crippen LogP contribution in [0.25, 0.3) is 21.8 Å². The molecule has 20 heavy (non-hydrogen) atoms. The van der Waals surface area contributed by atoms with Crippen LogP contribution in [0.4, 0.5) is 13.2 Å². The van der Waals surface area contributed by atoms with Gasteiger partial charge in [0, 0.05) is 16.3 Å². The largest absolute Gasteiger partial charge is 0.478 e. The number of para-hydroxylation sites is 1. The number of aromatic nitrogens is 1. The number of fused-ring (bicyclic) bond motifs is 3. The van der Waals surface area contributed by atoms with E-state index in [4.69, 9.17) is 5.11 Å². The van der Waals surface area contributed by atoms with E-state index in [2.05, 4.69) is 4.98 Å². The molecule has 0 spiro atoms. The molecule has 0 fully saturated rings. The zero-order valence-corrected chi connectivity index (χ0v) is 9.95. The number of nitrogens with one attached hydrogen (secondary N) is 1. The Labute approximate surface area is 110 Å². The summed E-state index contributed by atoms with van der Waals surface area (Å²) in [5.41, 5.74) is -0.545. The van der Waals surface area contributed by atoms with Crippen molar-refractivity contribution in [2.24, 2.45) is 0 Å². The normalized spacial score (nSPS) is 12.2. The van der Waals surface area contributed by atoms with Crippen LogP contribution in [-0.4, -0.2) is 16.1 Å². The molecule has 102 valence electrons. The summed E-state index contributed by atoms with van der Waals surface area (Å²) in [4.78, 5) is 13.9. The van der Waals surface area contributed by atoms with Gasteiger partial charge in [-0.1, -0.05) is 18.2 Å². The van der Waals surface area contributed by atoms with Gasteiger partial charge < -0.3 is 10.1 Å². The number of carboxylic acids is 1. The topological polar surface area (TPSA) is 53.1 Å². The number of carboxylic acid groups (broad SMARTS) is 1. The molecule has 0 radical (unpaired) electrons. The lowest BCUT2D eigenvalue weighted by atomic mass is 10.0. The molecule has 0 bridgehead atoms. The highest BCUT2D eigenvalue weighted by atomic mass is 19.4. The van der Waals surface area contributed by atoms with Crippen LogP contribution >= 0.6 is 0 Å². The first-order chi connectivity index (χ1) is 9.39. The third kappa shape index (κ3) is 1.72. The Morgan fingerprint density at radius 2 is 1.80 bits per heavy atom. The van der Waals surface area contributed by atoms with Gasteiger partial charge in [0.1, 0.15) is 0 Å². The van der Waals surface area contributed by atoms with Crippen molar-refractivity contribution in [3.8, 4) is 0 Å². The zero-order chi connectivity index (χ0) is 14.5. The van der Waals surface area contributed by atoms with E-state index in [0.717, 1.165) is 6.07 Å². The number of hydrogen-bond donors (Lipinski definition) is 2. The molecule has 3 aromatic rings. The van der Waals surface area contributed by atoms with E-state index < -0.39 is 17.7 Å². The first kappa shape index (κ1) is 12.5. The molecule has 3 nitrogen and oxygen atoms in total. The van der Waals surface area contributed by atoms with Gasteiger partial charge >= 0.3 is 12.1 Å². The van der Waals surface area contributed by atoms with E-state index in [1.807, 2.05) is 0 Å². The SMILES string of the molecule is O=C(O)c1cccc2[nH]c3c(C(F)(F)F)cccc3c12. The maximum atomic E-state index is 13.0. The summed E-state index contributed by atoms with van der Waals surface area (Å²) in [5, 5.41) is 9.70. The average Bonchev–Trinajstić information content (AvgIpc) is 2.75. The van der Waals surface area contributed by atoms with E-state index in [1.54, 1.807) is 6.07 Å². The summed E-state index contributed by atoms with van der Waals surface area (Å²) in [7, 11) is 0. The quantitative estimate of drug-likeness (QED) is 0.706. The van der Waals surface area contributed by atoms with Crippen molar-refractivity contribution in [2.45, 2.75) is 6.18 Å². The fourth-order valence-electron chi connectivity index (χ4n) is 2.39. The monoisotopic (exact) mass is 279 g/mol. The van der Waals surface area contributed by atoms with Crippen molar-refractivity contribution in [3.05, 3.63) is 47.5 Å². The molecule has 0 aliphatic heterocycles. The molecular formula is C14H8F3NO2. The Balaban J connectivity index is 2.50. The highest BCUT2D eigenvalue weighted by Gasteiger charge is 2.33.